The fourth-order valence-corrected chi connectivity index (χ4v) is 1.93. The van der Waals surface area contributed by atoms with E-state index in [9.17, 15) is 4.79 Å². The zero-order chi connectivity index (χ0) is 15.9. The number of carbonyl (C=O) groups is 1. The molecule has 1 aromatic heterocycles. The molecule has 1 N–H and O–H groups in total. The van der Waals surface area contributed by atoms with Crippen LogP contribution < -0.4 is 0 Å². The molecule has 3 heteroatoms. The minimum atomic E-state index is -0.904. The molecule has 0 unspecified atom stereocenters. The van der Waals surface area contributed by atoms with Crippen molar-refractivity contribution >= 4 is 16.9 Å². The highest BCUT2D eigenvalue weighted by Crippen LogP contribution is 2.25. The monoisotopic (exact) mass is 275 g/mol. The van der Waals surface area contributed by atoms with Crippen LogP contribution in [0.2, 0.25) is 0 Å². The maximum atomic E-state index is 11.1. The van der Waals surface area contributed by atoms with E-state index in [0.29, 0.717) is 5.56 Å². The van der Waals surface area contributed by atoms with Gasteiger partial charge in [-0.1, -0.05) is 33.8 Å². The lowest BCUT2D eigenvalue weighted by Gasteiger charge is -2.10. The molecular formula is C17H25NO2. The normalized spacial score (nSPS) is 9.15. The quantitative estimate of drug-likeness (QED) is 0.804. The number of aromatic carboxylic acids is 1. The molecule has 0 aliphatic rings. The van der Waals surface area contributed by atoms with Crippen molar-refractivity contribution in [3.8, 4) is 0 Å². The summed E-state index contributed by atoms with van der Waals surface area (Å²) in [4.78, 5) is 15.6. The van der Waals surface area contributed by atoms with Crippen molar-refractivity contribution in [2.24, 2.45) is 0 Å². The summed E-state index contributed by atoms with van der Waals surface area (Å²) < 4.78 is 0. The van der Waals surface area contributed by atoms with Gasteiger partial charge in [-0.2, -0.15) is 0 Å². The fraction of sp³-hybridized carbons (Fsp3) is 0.412. The number of fused-ring (bicyclic) bond motifs is 1. The number of hydrogen-bond donors (Lipinski definition) is 1. The molecule has 3 nitrogen and oxygen atoms in total. The van der Waals surface area contributed by atoms with Crippen molar-refractivity contribution in [3.05, 3.63) is 40.6 Å². The lowest BCUT2D eigenvalue weighted by Crippen LogP contribution is -2.02. The van der Waals surface area contributed by atoms with Gasteiger partial charge in [-0.15, -0.1) is 0 Å². The lowest BCUT2D eigenvalue weighted by molar-refractivity contribution is 0.0699. The van der Waals surface area contributed by atoms with Crippen LogP contribution in [0.5, 0.6) is 0 Å². The van der Waals surface area contributed by atoms with E-state index in [-0.39, 0.29) is 0 Å². The van der Waals surface area contributed by atoms with Crippen LogP contribution in [-0.4, -0.2) is 16.1 Å². The molecule has 0 saturated heterocycles. The molecule has 0 aliphatic carbocycles. The third-order valence-electron chi connectivity index (χ3n) is 3.04. The largest absolute Gasteiger partial charge is 0.478 e. The second-order valence-corrected chi connectivity index (χ2v) is 3.95. The molecule has 110 valence electrons. The summed E-state index contributed by atoms with van der Waals surface area (Å²) in [7, 11) is 0. The first kappa shape index (κ1) is 18.1. The Morgan fingerprint density at radius 2 is 1.55 bits per heavy atom. The SMILES string of the molecule is CC.CC.Cc1nc2cccc(C(=O)O)c2c(C)c1C. The first-order chi connectivity index (χ1) is 9.52. The third kappa shape index (κ3) is 3.56. The molecule has 20 heavy (non-hydrogen) atoms. The molecular weight excluding hydrogens is 250 g/mol. The number of nitrogens with zero attached hydrogens (tertiary/aromatic N) is 1. The van der Waals surface area contributed by atoms with Gasteiger partial charge in [-0.25, -0.2) is 4.79 Å². The summed E-state index contributed by atoms with van der Waals surface area (Å²) in [5.41, 5.74) is 4.08. The molecule has 0 amide bonds. The van der Waals surface area contributed by atoms with Crippen LogP contribution in [0.4, 0.5) is 0 Å². The number of hydrogen-bond acceptors (Lipinski definition) is 2. The first-order valence-electron chi connectivity index (χ1n) is 7.12. The zero-order valence-corrected chi connectivity index (χ0v) is 13.5. The highest BCUT2D eigenvalue weighted by atomic mass is 16.4. The molecule has 2 aromatic rings. The van der Waals surface area contributed by atoms with E-state index in [1.165, 1.54) is 0 Å². The van der Waals surface area contributed by atoms with Crippen molar-refractivity contribution in [1.82, 2.24) is 4.98 Å². The fourth-order valence-electron chi connectivity index (χ4n) is 1.93. The molecule has 0 radical (unpaired) electrons. The number of rotatable bonds is 1. The van der Waals surface area contributed by atoms with E-state index in [1.54, 1.807) is 12.1 Å². The Labute approximate surface area is 121 Å². The third-order valence-corrected chi connectivity index (χ3v) is 3.04. The van der Waals surface area contributed by atoms with Crippen LogP contribution in [0, 0.1) is 20.8 Å². The van der Waals surface area contributed by atoms with Gasteiger partial charge in [-0.3, -0.25) is 4.98 Å². The van der Waals surface area contributed by atoms with Gasteiger partial charge in [0.25, 0.3) is 0 Å². The van der Waals surface area contributed by atoms with Crippen molar-refractivity contribution in [2.75, 3.05) is 0 Å². The Kier molecular flexibility index (Phi) is 7.52. The van der Waals surface area contributed by atoms with E-state index in [2.05, 4.69) is 4.98 Å². The number of aryl methyl sites for hydroxylation is 2. The van der Waals surface area contributed by atoms with Crippen molar-refractivity contribution < 1.29 is 9.90 Å². The van der Waals surface area contributed by atoms with Gasteiger partial charge in [-0.05, 0) is 44.0 Å². The van der Waals surface area contributed by atoms with Gasteiger partial charge in [0.15, 0.2) is 0 Å². The molecule has 0 aliphatic heterocycles. The molecule has 0 fully saturated rings. The topological polar surface area (TPSA) is 50.2 Å². The summed E-state index contributed by atoms with van der Waals surface area (Å²) in [6.07, 6.45) is 0. The van der Waals surface area contributed by atoms with Crippen LogP contribution in [0.25, 0.3) is 10.9 Å². The van der Waals surface area contributed by atoms with Crippen molar-refractivity contribution in [3.63, 3.8) is 0 Å². The minimum Gasteiger partial charge on any atom is -0.478 e. The predicted molar refractivity (Wildman–Crippen MR) is 85.6 cm³/mol. The maximum Gasteiger partial charge on any atom is 0.336 e. The Hall–Kier alpha value is -1.90. The van der Waals surface area contributed by atoms with Crippen LogP contribution in [0.1, 0.15) is 54.9 Å². The van der Waals surface area contributed by atoms with Gasteiger partial charge >= 0.3 is 5.97 Å². The van der Waals surface area contributed by atoms with Crippen molar-refractivity contribution in [1.29, 1.82) is 0 Å². The van der Waals surface area contributed by atoms with E-state index in [4.69, 9.17) is 5.11 Å². The Balaban J connectivity index is 0.000000829. The van der Waals surface area contributed by atoms with Gasteiger partial charge in [0.05, 0.1) is 11.1 Å². The molecule has 1 heterocycles. The molecule has 2 rings (SSSR count). The highest BCUT2D eigenvalue weighted by Gasteiger charge is 2.13. The molecule has 0 atom stereocenters. The molecule has 0 bridgehead atoms. The number of benzene rings is 1. The molecule has 1 aromatic carbocycles. The van der Waals surface area contributed by atoms with E-state index >= 15 is 0 Å². The smallest absolute Gasteiger partial charge is 0.336 e. The van der Waals surface area contributed by atoms with Crippen molar-refractivity contribution in [2.45, 2.75) is 48.5 Å². The summed E-state index contributed by atoms with van der Waals surface area (Å²) in [6, 6.07) is 5.20. The average molecular weight is 275 g/mol. The van der Waals surface area contributed by atoms with E-state index in [0.717, 1.165) is 27.7 Å². The summed E-state index contributed by atoms with van der Waals surface area (Å²) in [5.74, 6) is -0.904. The summed E-state index contributed by atoms with van der Waals surface area (Å²) in [5, 5.41) is 9.89. The molecule has 0 spiro atoms. The van der Waals surface area contributed by atoms with Crippen LogP contribution in [-0.2, 0) is 0 Å². The zero-order valence-electron chi connectivity index (χ0n) is 13.5. The summed E-state index contributed by atoms with van der Waals surface area (Å²) >= 11 is 0. The average Bonchev–Trinajstić information content (AvgIpc) is 2.48. The number of aromatic nitrogens is 1. The van der Waals surface area contributed by atoms with Gasteiger partial charge in [0, 0.05) is 11.1 Å². The standard InChI is InChI=1S/C13H13NO2.2C2H6/c1-7-8(2)12-10(13(15)16)5-4-6-11(12)14-9(7)3;2*1-2/h4-6H,1-3H3,(H,15,16);2*1-2H3. The Bertz CT molecular complexity index is 589. The minimum absolute atomic E-state index is 0.325. The van der Waals surface area contributed by atoms with Crippen LogP contribution >= 0.6 is 0 Å². The molecule has 0 saturated carbocycles. The lowest BCUT2D eigenvalue weighted by atomic mass is 9.99. The predicted octanol–water partition coefficient (Wildman–Crippen LogP) is 4.91. The number of carboxylic acids is 1. The Morgan fingerprint density at radius 1 is 1.00 bits per heavy atom. The second-order valence-electron chi connectivity index (χ2n) is 3.95. The second kappa shape index (κ2) is 8.31. The van der Waals surface area contributed by atoms with Crippen LogP contribution in [0.3, 0.4) is 0 Å². The van der Waals surface area contributed by atoms with E-state index in [1.807, 2.05) is 54.5 Å². The van der Waals surface area contributed by atoms with Gasteiger partial charge < -0.3 is 5.11 Å². The van der Waals surface area contributed by atoms with E-state index < -0.39 is 5.97 Å². The first-order valence-corrected chi connectivity index (χ1v) is 7.12. The van der Waals surface area contributed by atoms with Gasteiger partial charge in [0.2, 0.25) is 0 Å². The summed E-state index contributed by atoms with van der Waals surface area (Å²) in [6.45, 7) is 13.9. The van der Waals surface area contributed by atoms with Gasteiger partial charge in [0.1, 0.15) is 0 Å². The number of pyridine rings is 1. The highest BCUT2D eigenvalue weighted by molar-refractivity contribution is 6.04. The number of carboxylic acid groups (broad SMARTS) is 1. The van der Waals surface area contributed by atoms with Crippen LogP contribution in [0.15, 0.2) is 18.2 Å². The Morgan fingerprint density at radius 3 is 2.05 bits per heavy atom. The maximum absolute atomic E-state index is 11.1.